The molecule has 2 aromatic rings. The number of esters is 1. The Morgan fingerprint density at radius 2 is 2.08 bits per heavy atom. The molecule has 0 fully saturated rings. The molecule has 9 heteroatoms. The molecule has 1 aromatic carbocycles. The highest BCUT2D eigenvalue weighted by atomic mass is 35.5. The third-order valence-electron chi connectivity index (χ3n) is 3.00. The Labute approximate surface area is 142 Å². The molecule has 0 N–H and O–H groups in total. The van der Waals surface area contributed by atoms with Crippen molar-refractivity contribution < 1.29 is 14.5 Å². The van der Waals surface area contributed by atoms with Crippen LogP contribution in [0.3, 0.4) is 0 Å². The first-order valence-corrected chi connectivity index (χ1v) is 7.14. The highest BCUT2D eigenvalue weighted by Crippen LogP contribution is 2.34. The smallest absolute Gasteiger partial charge is 0.330 e. The van der Waals surface area contributed by atoms with Gasteiger partial charge >= 0.3 is 5.97 Å². The molecule has 24 heavy (non-hydrogen) atoms. The number of nitrogens with zero attached hydrogens (tertiary/aromatic N) is 4. The van der Waals surface area contributed by atoms with Crippen LogP contribution in [-0.2, 0) is 9.53 Å². The first-order valence-electron chi connectivity index (χ1n) is 6.76. The number of hydrogen-bond acceptors (Lipinski definition) is 7. The predicted molar refractivity (Wildman–Crippen MR) is 88.3 cm³/mol. The van der Waals surface area contributed by atoms with Crippen molar-refractivity contribution in [1.29, 1.82) is 0 Å². The summed E-state index contributed by atoms with van der Waals surface area (Å²) in [6.45, 7) is 0.109. The summed E-state index contributed by atoms with van der Waals surface area (Å²) in [5.74, 6) is -0.300. The SMILES string of the molecule is COC(=O)C=CCN(c1ccccc1[N+](=O)[O-])c1nccnc1Cl. The number of anilines is 2. The Bertz CT molecular complexity index is 782. The van der Waals surface area contributed by atoms with E-state index >= 15 is 0 Å². The molecule has 0 amide bonds. The van der Waals surface area contributed by atoms with Crippen LogP contribution in [0.5, 0.6) is 0 Å². The Balaban J connectivity index is 2.48. The molecule has 0 unspecified atom stereocenters. The van der Waals surface area contributed by atoms with Gasteiger partial charge in [-0.2, -0.15) is 0 Å². The van der Waals surface area contributed by atoms with E-state index in [4.69, 9.17) is 11.6 Å². The number of hydrogen-bond donors (Lipinski definition) is 0. The predicted octanol–water partition coefficient (Wildman–Crippen LogP) is 2.91. The minimum Gasteiger partial charge on any atom is -0.466 e. The number of carbonyl (C=O) groups is 1. The Morgan fingerprint density at radius 3 is 2.75 bits per heavy atom. The molecule has 0 aliphatic carbocycles. The van der Waals surface area contributed by atoms with Gasteiger partial charge in [-0.1, -0.05) is 29.8 Å². The standard InChI is InChI=1S/C15H13ClN4O4/c1-24-13(21)7-4-10-19(15-14(16)17-8-9-18-15)11-5-2-3-6-12(11)20(22)23/h2-9H,10H2,1H3. The lowest BCUT2D eigenvalue weighted by atomic mass is 10.2. The number of methoxy groups -OCH3 is 1. The van der Waals surface area contributed by atoms with Crippen LogP contribution in [0, 0.1) is 10.1 Å². The van der Waals surface area contributed by atoms with E-state index in [0.29, 0.717) is 0 Å². The fraction of sp³-hybridized carbons (Fsp3) is 0.133. The van der Waals surface area contributed by atoms with Crippen LogP contribution in [0.25, 0.3) is 0 Å². The zero-order chi connectivity index (χ0) is 17.5. The first kappa shape index (κ1) is 17.4. The Kier molecular flexibility index (Phi) is 5.80. The Hall–Kier alpha value is -3.00. The van der Waals surface area contributed by atoms with Crippen LogP contribution in [0.2, 0.25) is 5.15 Å². The van der Waals surface area contributed by atoms with Crippen molar-refractivity contribution >= 4 is 34.8 Å². The minimum absolute atomic E-state index is 0.0853. The van der Waals surface area contributed by atoms with Gasteiger partial charge in [-0.3, -0.25) is 10.1 Å². The van der Waals surface area contributed by atoms with E-state index in [9.17, 15) is 14.9 Å². The number of carbonyl (C=O) groups excluding carboxylic acids is 1. The summed E-state index contributed by atoms with van der Waals surface area (Å²) in [5.41, 5.74) is 0.158. The van der Waals surface area contributed by atoms with Gasteiger partial charge in [-0.05, 0) is 6.07 Å². The van der Waals surface area contributed by atoms with E-state index in [2.05, 4.69) is 14.7 Å². The van der Waals surface area contributed by atoms with Crippen LogP contribution in [0.4, 0.5) is 17.2 Å². The van der Waals surface area contributed by atoms with E-state index in [0.717, 1.165) is 0 Å². The number of para-hydroxylation sites is 2. The minimum atomic E-state index is -0.539. The third-order valence-corrected chi connectivity index (χ3v) is 3.27. The molecule has 8 nitrogen and oxygen atoms in total. The topological polar surface area (TPSA) is 98.5 Å². The lowest BCUT2D eigenvalue weighted by Crippen LogP contribution is -2.20. The van der Waals surface area contributed by atoms with Gasteiger partial charge in [0, 0.05) is 31.1 Å². The second-order valence-electron chi connectivity index (χ2n) is 4.45. The molecule has 0 aliphatic rings. The maximum Gasteiger partial charge on any atom is 0.330 e. The van der Waals surface area contributed by atoms with Gasteiger partial charge in [0.05, 0.1) is 12.0 Å². The number of nitro groups is 1. The highest BCUT2D eigenvalue weighted by molar-refractivity contribution is 6.31. The molecule has 0 spiro atoms. The molecule has 0 atom stereocenters. The van der Waals surface area contributed by atoms with Crippen LogP contribution < -0.4 is 4.90 Å². The molecular formula is C15H13ClN4O4. The summed E-state index contributed by atoms with van der Waals surface area (Å²) in [6, 6.07) is 6.15. The number of nitro benzene ring substituents is 1. The number of halogens is 1. The van der Waals surface area contributed by atoms with Gasteiger partial charge in [0.2, 0.25) is 0 Å². The monoisotopic (exact) mass is 348 g/mol. The van der Waals surface area contributed by atoms with Crippen molar-refractivity contribution in [2.24, 2.45) is 0 Å². The summed E-state index contributed by atoms with van der Waals surface area (Å²) in [5, 5.41) is 11.4. The van der Waals surface area contributed by atoms with Crippen molar-refractivity contribution in [2.45, 2.75) is 0 Å². The van der Waals surface area contributed by atoms with Crippen molar-refractivity contribution in [3.63, 3.8) is 0 Å². The van der Waals surface area contributed by atoms with Crippen molar-refractivity contribution in [3.05, 3.63) is 64.1 Å². The fourth-order valence-electron chi connectivity index (χ4n) is 1.96. The molecule has 0 radical (unpaired) electrons. The van der Waals surface area contributed by atoms with Crippen LogP contribution in [0.15, 0.2) is 48.8 Å². The quantitative estimate of drug-likeness (QED) is 0.342. The van der Waals surface area contributed by atoms with E-state index in [1.807, 2.05) is 0 Å². The van der Waals surface area contributed by atoms with E-state index in [1.165, 1.54) is 42.6 Å². The van der Waals surface area contributed by atoms with Gasteiger partial charge in [0.15, 0.2) is 11.0 Å². The zero-order valence-corrected chi connectivity index (χ0v) is 13.4. The van der Waals surface area contributed by atoms with Crippen molar-refractivity contribution in [2.75, 3.05) is 18.6 Å². The number of rotatable bonds is 6. The van der Waals surface area contributed by atoms with Gasteiger partial charge < -0.3 is 9.64 Å². The first-order chi connectivity index (χ1) is 11.5. The lowest BCUT2D eigenvalue weighted by molar-refractivity contribution is -0.384. The average Bonchev–Trinajstić information content (AvgIpc) is 2.59. The summed E-state index contributed by atoms with van der Waals surface area (Å²) >= 11 is 6.07. The average molecular weight is 349 g/mol. The molecule has 2 rings (SSSR count). The van der Waals surface area contributed by atoms with Crippen LogP contribution in [-0.4, -0.2) is 34.5 Å². The van der Waals surface area contributed by atoms with Crippen LogP contribution in [0.1, 0.15) is 0 Å². The maximum absolute atomic E-state index is 11.3. The summed E-state index contributed by atoms with van der Waals surface area (Å²) in [4.78, 5) is 31.6. The van der Waals surface area contributed by atoms with Gasteiger partial charge in [-0.25, -0.2) is 14.8 Å². The molecule has 1 heterocycles. The van der Waals surface area contributed by atoms with Gasteiger partial charge in [-0.15, -0.1) is 0 Å². The van der Waals surface area contributed by atoms with E-state index in [1.54, 1.807) is 18.2 Å². The Morgan fingerprint density at radius 1 is 1.38 bits per heavy atom. The summed E-state index contributed by atoms with van der Waals surface area (Å²) in [6.07, 6.45) is 5.54. The maximum atomic E-state index is 11.3. The molecule has 0 saturated heterocycles. The summed E-state index contributed by atoms with van der Waals surface area (Å²) in [7, 11) is 1.26. The molecule has 0 saturated carbocycles. The molecule has 1 aromatic heterocycles. The van der Waals surface area contributed by atoms with E-state index < -0.39 is 10.9 Å². The van der Waals surface area contributed by atoms with Crippen molar-refractivity contribution in [1.82, 2.24) is 9.97 Å². The lowest BCUT2D eigenvalue weighted by Gasteiger charge is -2.22. The summed E-state index contributed by atoms with van der Waals surface area (Å²) < 4.78 is 4.52. The van der Waals surface area contributed by atoms with E-state index in [-0.39, 0.29) is 28.9 Å². The molecule has 0 aliphatic heterocycles. The third kappa shape index (κ3) is 4.05. The normalized spacial score (nSPS) is 10.6. The van der Waals surface area contributed by atoms with Crippen molar-refractivity contribution in [3.8, 4) is 0 Å². The second-order valence-corrected chi connectivity index (χ2v) is 4.81. The molecule has 0 bridgehead atoms. The van der Waals surface area contributed by atoms with Gasteiger partial charge in [0.1, 0.15) is 5.69 Å². The highest BCUT2D eigenvalue weighted by Gasteiger charge is 2.22. The molecular weight excluding hydrogens is 336 g/mol. The van der Waals surface area contributed by atoms with Crippen LogP contribution >= 0.6 is 11.6 Å². The largest absolute Gasteiger partial charge is 0.466 e. The number of ether oxygens (including phenoxy) is 1. The number of benzene rings is 1. The number of aromatic nitrogens is 2. The zero-order valence-electron chi connectivity index (χ0n) is 12.6. The second kappa shape index (κ2) is 8.02. The molecule has 124 valence electrons. The fourth-order valence-corrected chi connectivity index (χ4v) is 2.17. The van der Waals surface area contributed by atoms with Gasteiger partial charge in [0.25, 0.3) is 5.69 Å².